The number of aliphatic hydroxyl groups is 1. The molecule has 6 atom stereocenters. The SMILES string of the molecule is C=C1/C(=C\C=C2/CCC[C@@]3(C)[C@@H]2CC[C@@H]3[C@H](C)CCCC(C)(C)O)C[C@@H](O[Si](C)(C)C(C)(C)C)C[C@@H]1O[Si](C)(C)C(C)(C)C. The topological polar surface area (TPSA) is 38.7 Å². The van der Waals surface area contributed by atoms with Gasteiger partial charge in [-0.25, -0.2) is 0 Å². The molecule has 3 rings (SSSR count). The zero-order chi connectivity index (χ0) is 33.5. The molecule has 3 saturated carbocycles. The van der Waals surface area contributed by atoms with E-state index in [0.29, 0.717) is 17.3 Å². The maximum Gasteiger partial charge on any atom is 0.192 e. The molecule has 5 heteroatoms. The van der Waals surface area contributed by atoms with E-state index in [9.17, 15) is 5.11 Å². The fraction of sp³-hybridized carbons (Fsp3) is 0.846. The molecule has 3 nitrogen and oxygen atoms in total. The normalized spacial score (nSPS) is 31.9. The Morgan fingerprint density at radius 3 is 2.11 bits per heavy atom. The summed E-state index contributed by atoms with van der Waals surface area (Å²) in [5.41, 5.74) is 4.04. The molecule has 0 aromatic heterocycles. The molecule has 3 fully saturated rings. The van der Waals surface area contributed by atoms with Gasteiger partial charge >= 0.3 is 0 Å². The summed E-state index contributed by atoms with van der Waals surface area (Å²) in [6.07, 6.45) is 16.8. The first-order valence-electron chi connectivity index (χ1n) is 18.0. The van der Waals surface area contributed by atoms with Gasteiger partial charge in [0.05, 0.1) is 17.8 Å². The van der Waals surface area contributed by atoms with E-state index in [2.05, 4.69) is 100 Å². The summed E-state index contributed by atoms with van der Waals surface area (Å²) in [6.45, 7) is 37.2. The van der Waals surface area contributed by atoms with Gasteiger partial charge in [-0.1, -0.05) is 92.5 Å². The van der Waals surface area contributed by atoms with Crippen molar-refractivity contribution in [3.63, 3.8) is 0 Å². The summed E-state index contributed by atoms with van der Waals surface area (Å²) in [5, 5.41) is 10.6. The van der Waals surface area contributed by atoms with Gasteiger partial charge in [0.2, 0.25) is 0 Å². The molecule has 0 spiro atoms. The fourth-order valence-electron chi connectivity index (χ4n) is 8.04. The maximum absolute atomic E-state index is 10.2. The van der Waals surface area contributed by atoms with Crippen molar-refractivity contribution in [3.05, 3.63) is 35.5 Å². The molecule has 254 valence electrons. The van der Waals surface area contributed by atoms with E-state index >= 15 is 0 Å². The first kappa shape index (κ1) is 38.0. The van der Waals surface area contributed by atoms with E-state index in [1.54, 1.807) is 5.57 Å². The van der Waals surface area contributed by atoms with Crippen molar-refractivity contribution in [3.8, 4) is 0 Å². The van der Waals surface area contributed by atoms with Crippen molar-refractivity contribution in [2.24, 2.45) is 23.2 Å². The molecule has 1 N–H and O–H groups in total. The summed E-state index contributed by atoms with van der Waals surface area (Å²) in [7, 11) is -3.89. The Balaban J connectivity index is 1.86. The highest BCUT2D eigenvalue weighted by atomic mass is 28.4. The van der Waals surface area contributed by atoms with Gasteiger partial charge in [0, 0.05) is 6.42 Å². The summed E-state index contributed by atoms with van der Waals surface area (Å²) >= 11 is 0. The van der Waals surface area contributed by atoms with Crippen molar-refractivity contribution < 1.29 is 14.0 Å². The van der Waals surface area contributed by atoms with Gasteiger partial charge in [-0.3, -0.25) is 0 Å². The Labute approximate surface area is 276 Å². The van der Waals surface area contributed by atoms with Crippen LogP contribution >= 0.6 is 0 Å². The molecule has 0 saturated heterocycles. The second-order valence-corrected chi connectivity index (χ2v) is 28.6. The number of allylic oxidation sites excluding steroid dienone is 3. The molecule has 0 aromatic carbocycles. The van der Waals surface area contributed by atoms with Crippen LogP contribution < -0.4 is 0 Å². The summed E-state index contributed by atoms with van der Waals surface area (Å²) < 4.78 is 14.2. The maximum atomic E-state index is 10.2. The monoisotopic (exact) mass is 645 g/mol. The molecule has 3 aliphatic rings. The lowest BCUT2D eigenvalue weighted by atomic mass is 9.60. The summed E-state index contributed by atoms with van der Waals surface area (Å²) in [6, 6.07) is 0. The molecular formula is C39H72O3Si2. The van der Waals surface area contributed by atoms with E-state index in [-0.39, 0.29) is 22.3 Å². The van der Waals surface area contributed by atoms with Gasteiger partial charge in [0.25, 0.3) is 0 Å². The Bertz CT molecular complexity index is 1060. The van der Waals surface area contributed by atoms with E-state index in [0.717, 1.165) is 31.6 Å². The van der Waals surface area contributed by atoms with Gasteiger partial charge < -0.3 is 14.0 Å². The molecule has 0 aliphatic heterocycles. The van der Waals surface area contributed by atoms with E-state index < -0.39 is 22.2 Å². The van der Waals surface area contributed by atoms with Crippen molar-refractivity contribution in [2.75, 3.05) is 0 Å². The first-order valence-corrected chi connectivity index (χ1v) is 23.9. The molecule has 44 heavy (non-hydrogen) atoms. The van der Waals surface area contributed by atoms with Crippen LogP contribution in [0.4, 0.5) is 0 Å². The highest BCUT2D eigenvalue weighted by Crippen LogP contribution is 2.60. The predicted molar refractivity (Wildman–Crippen MR) is 196 cm³/mol. The summed E-state index contributed by atoms with van der Waals surface area (Å²) in [4.78, 5) is 0. The Hall–Kier alpha value is -0.466. The lowest BCUT2D eigenvalue weighted by Gasteiger charge is -2.46. The van der Waals surface area contributed by atoms with E-state index in [1.165, 1.54) is 49.7 Å². The number of rotatable bonds is 10. The minimum atomic E-state index is -1.97. The van der Waals surface area contributed by atoms with Gasteiger partial charge in [-0.2, -0.15) is 0 Å². The van der Waals surface area contributed by atoms with Gasteiger partial charge in [-0.15, -0.1) is 0 Å². The first-order chi connectivity index (χ1) is 19.9. The molecule has 0 radical (unpaired) electrons. The number of hydrogen-bond acceptors (Lipinski definition) is 3. The van der Waals surface area contributed by atoms with Gasteiger partial charge in [0.15, 0.2) is 16.6 Å². The molecule has 0 bridgehead atoms. The van der Waals surface area contributed by atoms with Crippen LogP contribution in [0.2, 0.25) is 36.3 Å². The Kier molecular flexibility index (Phi) is 11.7. The van der Waals surface area contributed by atoms with Gasteiger partial charge in [-0.05, 0) is 129 Å². The predicted octanol–water partition coefficient (Wildman–Crippen LogP) is 11.8. The standard InChI is InChI=1S/C39H72O3Si2/c1-28(18-16-24-38(9,10)40)33-22-23-34-30(19-17-25-39(33,34)11)20-21-31-26-32(41-43(12,13)36(3,4)5)27-35(29(31)2)42-44(14,15)37(6,7)8/h20-21,28,32-35,40H,2,16-19,22-27H2,1,3-15H3/b30-20+,31-21-/t28-,32-,33-,34-,35+,39-/m1/s1. The molecule has 0 unspecified atom stereocenters. The van der Waals surface area contributed by atoms with Crippen molar-refractivity contribution in [1.29, 1.82) is 0 Å². The van der Waals surface area contributed by atoms with Crippen LogP contribution in [0.25, 0.3) is 0 Å². The second kappa shape index (κ2) is 13.6. The molecule has 0 heterocycles. The molecule has 3 aliphatic carbocycles. The highest BCUT2D eigenvalue weighted by molar-refractivity contribution is 6.74. The fourth-order valence-corrected chi connectivity index (χ4v) is 10.7. The van der Waals surface area contributed by atoms with Crippen LogP contribution in [-0.2, 0) is 8.85 Å². The lowest BCUT2D eigenvalue weighted by molar-refractivity contribution is 0.0596. The third-order valence-corrected chi connectivity index (χ3v) is 21.9. The van der Waals surface area contributed by atoms with Crippen LogP contribution in [0, 0.1) is 23.2 Å². The summed E-state index contributed by atoms with van der Waals surface area (Å²) in [5.74, 6) is 2.18. The van der Waals surface area contributed by atoms with Crippen molar-refractivity contribution >= 4 is 16.6 Å². The lowest BCUT2D eigenvalue weighted by Crippen LogP contribution is -2.49. The third-order valence-electron chi connectivity index (χ3n) is 12.9. The van der Waals surface area contributed by atoms with Crippen LogP contribution in [0.5, 0.6) is 0 Å². The zero-order valence-corrected chi connectivity index (χ0v) is 33.6. The van der Waals surface area contributed by atoms with Crippen molar-refractivity contribution in [2.45, 2.75) is 188 Å². The van der Waals surface area contributed by atoms with Crippen molar-refractivity contribution in [1.82, 2.24) is 0 Å². The molecule has 0 aromatic rings. The third kappa shape index (κ3) is 8.91. The average Bonchev–Trinajstić information content (AvgIpc) is 3.20. The Morgan fingerprint density at radius 2 is 1.55 bits per heavy atom. The van der Waals surface area contributed by atoms with Crippen LogP contribution in [0.15, 0.2) is 35.5 Å². The Morgan fingerprint density at radius 1 is 0.955 bits per heavy atom. The second-order valence-electron chi connectivity index (χ2n) is 19.0. The smallest absolute Gasteiger partial charge is 0.192 e. The number of hydrogen-bond donors (Lipinski definition) is 1. The number of fused-ring (bicyclic) bond motifs is 1. The van der Waals surface area contributed by atoms with Crippen LogP contribution in [0.1, 0.15) is 133 Å². The molecule has 0 amide bonds. The molecular weight excluding hydrogens is 573 g/mol. The zero-order valence-electron chi connectivity index (χ0n) is 31.6. The van der Waals surface area contributed by atoms with E-state index in [1.807, 2.05) is 13.8 Å². The minimum Gasteiger partial charge on any atom is -0.413 e. The average molecular weight is 645 g/mol. The highest BCUT2D eigenvalue weighted by Gasteiger charge is 2.50. The van der Waals surface area contributed by atoms with Crippen LogP contribution in [-0.4, -0.2) is 39.6 Å². The van der Waals surface area contributed by atoms with E-state index in [4.69, 9.17) is 8.85 Å². The van der Waals surface area contributed by atoms with Crippen LogP contribution in [0.3, 0.4) is 0 Å². The van der Waals surface area contributed by atoms with Gasteiger partial charge in [0.1, 0.15) is 0 Å². The minimum absolute atomic E-state index is 0.0290. The quantitative estimate of drug-likeness (QED) is 0.240. The largest absolute Gasteiger partial charge is 0.413 e.